The van der Waals surface area contributed by atoms with Crippen molar-refractivity contribution in [2.24, 2.45) is 0 Å². The summed E-state index contributed by atoms with van der Waals surface area (Å²) in [6.07, 6.45) is 0. The van der Waals surface area contributed by atoms with E-state index in [0.29, 0.717) is 0 Å². The first kappa shape index (κ1) is 49.6. The van der Waals surface area contributed by atoms with Crippen LogP contribution in [0.15, 0.2) is 0 Å². The van der Waals surface area contributed by atoms with Crippen molar-refractivity contribution >= 4 is 66.5 Å². The summed E-state index contributed by atoms with van der Waals surface area (Å²) in [4.78, 5) is 0. The van der Waals surface area contributed by atoms with Gasteiger partial charge in [-0.3, -0.25) is 0 Å². The van der Waals surface area contributed by atoms with E-state index in [9.17, 15) is 0 Å². The summed E-state index contributed by atoms with van der Waals surface area (Å²) in [6.45, 7) is 0. The van der Waals surface area contributed by atoms with Crippen molar-refractivity contribution in [2.75, 3.05) is 7.11 Å². The Balaban J connectivity index is -0.00000000200. The molecule has 0 aromatic carbocycles. The molecule has 3 atom stereocenters. The highest BCUT2D eigenvalue weighted by atomic mass is 35.5. The van der Waals surface area contributed by atoms with Crippen LogP contribution in [-0.2, 0) is 4.52 Å². The van der Waals surface area contributed by atoms with E-state index in [-0.39, 0.29) is 57.0 Å². The lowest BCUT2D eigenvalue weighted by Gasteiger charge is -1.60. The van der Waals surface area contributed by atoms with E-state index in [1.165, 1.54) is 0 Å². The summed E-state index contributed by atoms with van der Waals surface area (Å²) in [5.41, 5.74) is 0. The predicted molar refractivity (Wildman–Crippen MR) is 60.7 cm³/mol. The molecule has 8 heavy (non-hydrogen) atoms. The van der Waals surface area contributed by atoms with Crippen molar-refractivity contribution in [3.63, 3.8) is 0 Å². The van der Waals surface area contributed by atoms with Gasteiger partial charge < -0.3 is 4.52 Å². The zero-order valence-electron chi connectivity index (χ0n) is 4.62. The van der Waals surface area contributed by atoms with Gasteiger partial charge in [0, 0.05) is 7.11 Å². The Bertz CT molecular complexity index is 14.5. The molecule has 3 unspecified atom stereocenters. The van der Waals surface area contributed by atoms with Gasteiger partial charge in [0.1, 0.15) is 0 Å². The van der Waals surface area contributed by atoms with Crippen molar-refractivity contribution in [3.05, 3.63) is 0 Å². The molecule has 0 fully saturated rings. The van der Waals surface area contributed by atoms with Crippen LogP contribution in [0.1, 0.15) is 0 Å². The van der Waals surface area contributed by atoms with E-state index >= 15 is 0 Å². The molecule has 0 saturated carbocycles. The largest absolute Gasteiger partial charge is 0.369 e. The van der Waals surface area contributed by atoms with Crippen molar-refractivity contribution in [1.82, 2.24) is 0 Å². The number of hydrogen-bond acceptors (Lipinski definition) is 1. The first-order chi connectivity index (χ1) is 1.41. The standard InChI is InChI=1S/CH5OP.3ClH.2H3P/c1-2-3;;;;;/h3H2,1H3;3*1H;2*1H3. The number of rotatable bonds is 0. The second kappa shape index (κ2) is 61.8. The average Bonchev–Trinajstić information content (AvgIpc) is 0.918. The van der Waals surface area contributed by atoms with Crippen LogP contribution >= 0.6 is 66.5 Å². The topological polar surface area (TPSA) is 9.23 Å². The maximum Gasteiger partial charge on any atom is 0.0391 e. The van der Waals surface area contributed by atoms with Gasteiger partial charge in [-0.2, -0.15) is 19.8 Å². The van der Waals surface area contributed by atoms with E-state index < -0.39 is 0 Å². The Kier molecular flexibility index (Phi) is 383. The lowest BCUT2D eigenvalue weighted by atomic mass is 11.8. The molecule has 0 aliphatic rings. The monoisotopic (exact) mass is 240 g/mol. The zero-order valence-corrected chi connectivity index (χ0v) is 11.1. The molecule has 60 valence electrons. The molecule has 0 bridgehead atoms. The lowest BCUT2D eigenvalue weighted by Crippen LogP contribution is -1.37. The third kappa shape index (κ3) is 91.6. The van der Waals surface area contributed by atoms with Gasteiger partial charge in [0.2, 0.25) is 0 Å². The predicted octanol–water partition coefficient (Wildman–Crippen LogP) is 1.80. The summed E-state index contributed by atoms with van der Waals surface area (Å²) in [5.74, 6) is 0. The Labute approximate surface area is 78.2 Å². The van der Waals surface area contributed by atoms with Gasteiger partial charge >= 0.3 is 0 Å². The molecule has 0 amide bonds. The second-order valence-electron chi connectivity index (χ2n) is 0.236. The van der Waals surface area contributed by atoms with E-state index in [0.717, 1.165) is 0 Å². The van der Waals surface area contributed by atoms with Crippen LogP contribution in [-0.4, -0.2) is 7.11 Å². The minimum absolute atomic E-state index is 0. The molecule has 0 rings (SSSR count). The highest BCUT2D eigenvalue weighted by molar-refractivity contribution is 7.09. The van der Waals surface area contributed by atoms with E-state index in [1.807, 2.05) is 0 Å². The van der Waals surface area contributed by atoms with E-state index in [4.69, 9.17) is 0 Å². The molecule has 0 saturated heterocycles. The fourth-order valence-electron chi connectivity index (χ4n) is 0. The molecule has 7 heteroatoms. The average molecular weight is 241 g/mol. The summed E-state index contributed by atoms with van der Waals surface area (Å²) < 4.78 is 4.17. The summed E-state index contributed by atoms with van der Waals surface area (Å²) in [7, 11) is 3.67. The third-order valence-electron chi connectivity index (χ3n) is 0. The van der Waals surface area contributed by atoms with Gasteiger partial charge in [-0.15, -0.1) is 37.2 Å². The van der Waals surface area contributed by atoms with Crippen molar-refractivity contribution in [3.8, 4) is 0 Å². The smallest absolute Gasteiger partial charge is 0.0391 e. The lowest BCUT2D eigenvalue weighted by molar-refractivity contribution is 0.488. The van der Waals surface area contributed by atoms with E-state index in [2.05, 4.69) is 14.0 Å². The summed E-state index contributed by atoms with van der Waals surface area (Å²) in [6, 6.07) is 0. The molecule has 1 nitrogen and oxygen atoms in total. The molecule has 0 N–H and O–H groups in total. The van der Waals surface area contributed by atoms with Gasteiger partial charge in [-0.1, -0.05) is 0 Å². The SMILES string of the molecule is COP.Cl.Cl.Cl.P.P. The zero-order chi connectivity index (χ0) is 2.71. The molecule has 0 radical (unpaired) electrons. The minimum atomic E-state index is 0. The maximum atomic E-state index is 4.17. The summed E-state index contributed by atoms with van der Waals surface area (Å²) >= 11 is 0. The van der Waals surface area contributed by atoms with Gasteiger partial charge in [0.15, 0.2) is 0 Å². The Morgan fingerprint density at radius 3 is 1.00 bits per heavy atom. The van der Waals surface area contributed by atoms with Crippen LogP contribution in [0.5, 0.6) is 0 Å². The van der Waals surface area contributed by atoms with Crippen LogP contribution in [0.3, 0.4) is 0 Å². The van der Waals surface area contributed by atoms with Gasteiger partial charge in [0.25, 0.3) is 0 Å². The fraction of sp³-hybridized carbons (Fsp3) is 1.00. The van der Waals surface area contributed by atoms with Gasteiger partial charge in [0.05, 0.1) is 0 Å². The van der Waals surface area contributed by atoms with Gasteiger partial charge in [-0.25, -0.2) is 0 Å². The molecule has 0 spiro atoms. The Morgan fingerprint density at radius 2 is 1.00 bits per heavy atom. The maximum absolute atomic E-state index is 4.17. The minimum Gasteiger partial charge on any atom is -0.369 e. The van der Waals surface area contributed by atoms with Crippen LogP contribution in [0.25, 0.3) is 0 Å². The molecular formula is CH14Cl3OP3. The number of halogens is 3. The third-order valence-corrected chi connectivity index (χ3v) is 0. The van der Waals surface area contributed by atoms with Crippen molar-refractivity contribution < 1.29 is 4.52 Å². The highest BCUT2D eigenvalue weighted by Crippen LogP contribution is 1.68. The van der Waals surface area contributed by atoms with Crippen LogP contribution in [0.4, 0.5) is 0 Å². The Hall–Kier alpha value is 2.12. The quantitative estimate of drug-likeness (QED) is 0.588. The Morgan fingerprint density at radius 1 is 1.00 bits per heavy atom. The van der Waals surface area contributed by atoms with E-state index in [1.54, 1.807) is 7.11 Å². The first-order valence-electron chi connectivity index (χ1n) is 0.644. The van der Waals surface area contributed by atoms with Gasteiger partial charge in [-0.05, 0) is 9.47 Å². The van der Waals surface area contributed by atoms with Crippen molar-refractivity contribution in [2.45, 2.75) is 0 Å². The molecule has 0 heterocycles. The number of hydrogen-bond donors (Lipinski definition) is 0. The van der Waals surface area contributed by atoms with Crippen LogP contribution in [0.2, 0.25) is 0 Å². The molecule has 0 aromatic heterocycles. The first-order valence-corrected chi connectivity index (χ1v) is 1.12. The molecule has 0 aliphatic heterocycles. The van der Waals surface area contributed by atoms with Crippen LogP contribution < -0.4 is 0 Å². The molecular weight excluding hydrogens is 227 g/mol. The normalized spacial score (nSPS) is 2.25. The molecule has 0 aromatic rings. The highest BCUT2D eigenvalue weighted by Gasteiger charge is 1.25. The van der Waals surface area contributed by atoms with Crippen LogP contribution in [0, 0.1) is 0 Å². The molecule has 0 aliphatic carbocycles. The fourth-order valence-corrected chi connectivity index (χ4v) is 0. The van der Waals surface area contributed by atoms with Crippen molar-refractivity contribution in [1.29, 1.82) is 0 Å². The second-order valence-corrected chi connectivity index (χ2v) is 0.707. The summed E-state index contributed by atoms with van der Waals surface area (Å²) in [5, 5.41) is 0.